The number of benzene rings is 1. The third-order valence-electron chi connectivity index (χ3n) is 3.63. The molecule has 1 aromatic carbocycles. The van der Waals surface area contributed by atoms with E-state index in [0.29, 0.717) is 23.6 Å². The van der Waals surface area contributed by atoms with Crippen LogP contribution in [0.5, 0.6) is 5.75 Å². The lowest BCUT2D eigenvalue weighted by Crippen LogP contribution is -2.41. The molecule has 118 valence electrons. The second kappa shape index (κ2) is 9.35. The van der Waals surface area contributed by atoms with Gasteiger partial charge in [-0.3, -0.25) is 0 Å². The average Bonchev–Trinajstić information content (AvgIpc) is 2.47. The molecule has 3 N–H and O–H groups in total. The van der Waals surface area contributed by atoms with E-state index >= 15 is 0 Å². The molecule has 1 fully saturated rings. The molecule has 1 aliphatic carbocycles. The fraction of sp³-hybridized carbons (Fsp3) is 0.533. The second-order valence-electron chi connectivity index (χ2n) is 5.14. The number of aliphatic imine (C=N–C) groups is 1. The van der Waals surface area contributed by atoms with Crippen molar-refractivity contribution in [3.63, 3.8) is 0 Å². The summed E-state index contributed by atoms with van der Waals surface area (Å²) in [7, 11) is 1.63. The summed E-state index contributed by atoms with van der Waals surface area (Å²) < 4.78 is 5.29. The average molecular weight is 424 g/mol. The number of rotatable bonds is 4. The maximum Gasteiger partial charge on any atom is 0.189 e. The van der Waals surface area contributed by atoms with Crippen LogP contribution in [0.25, 0.3) is 0 Å². The van der Waals surface area contributed by atoms with Crippen molar-refractivity contribution in [1.29, 1.82) is 0 Å². The second-order valence-corrected chi connectivity index (χ2v) is 5.57. The van der Waals surface area contributed by atoms with Crippen molar-refractivity contribution in [3.8, 4) is 5.75 Å². The Hall–Kier alpha value is -0.690. The smallest absolute Gasteiger partial charge is 0.189 e. The number of nitrogens with two attached hydrogens (primary N) is 1. The van der Waals surface area contributed by atoms with Gasteiger partial charge in [-0.25, -0.2) is 4.99 Å². The number of hydrogen-bond acceptors (Lipinski definition) is 2. The van der Waals surface area contributed by atoms with Crippen LogP contribution < -0.4 is 15.8 Å². The van der Waals surface area contributed by atoms with Gasteiger partial charge in [0.25, 0.3) is 0 Å². The van der Waals surface area contributed by atoms with Crippen LogP contribution in [0.2, 0.25) is 5.02 Å². The van der Waals surface area contributed by atoms with Crippen LogP contribution in [0.4, 0.5) is 0 Å². The van der Waals surface area contributed by atoms with E-state index in [-0.39, 0.29) is 24.0 Å². The standard InChI is InChI=1S/C15H22ClN3O.HI/c1-20-14-9-12(16)8-7-11(14)10-18-15(17)19-13-5-3-2-4-6-13;/h7-9,13H,2-6,10H2,1H3,(H3,17,18,19);1H. The molecule has 0 spiro atoms. The van der Waals surface area contributed by atoms with E-state index < -0.39 is 0 Å². The van der Waals surface area contributed by atoms with Crippen molar-refractivity contribution in [2.75, 3.05) is 7.11 Å². The molecule has 4 nitrogen and oxygen atoms in total. The maximum atomic E-state index is 5.95. The van der Waals surface area contributed by atoms with E-state index in [1.807, 2.05) is 12.1 Å². The Morgan fingerprint density at radius 2 is 2.10 bits per heavy atom. The van der Waals surface area contributed by atoms with Crippen molar-refractivity contribution >= 4 is 41.5 Å². The van der Waals surface area contributed by atoms with Crippen molar-refractivity contribution in [2.45, 2.75) is 44.7 Å². The summed E-state index contributed by atoms with van der Waals surface area (Å²) in [5.41, 5.74) is 6.92. The lowest BCUT2D eigenvalue weighted by molar-refractivity contribution is 0.409. The van der Waals surface area contributed by atoms with Crippen LogP contribution in [0, 0.1) is 0 Å². The minimum Gasteiger partial charge on any atom is -0.496 e. The first kappa shape index (κ1) is 18.4. The zero-order valence-corrected chi connectivity index (χ0v) is 15.4. The minimum absolute atomic E-state index is 0. The number of nitrogens with one attached hydrogen (secondary N) is 1. The SMILES string of the molecule is COc1cc(Cl)ccc1CN=C(N)NC1CCCCC1.I. The number of guanidine groups is 1. The molecule has 0 amide bonds. The molecule has 0 atom stereocenters. The van der Waals surface area contributed by atoms with Gasteiger partial charge in [0, 0.05) is 16.6 Å². The molecule has 1 saturated carbocycles. The molecule has 0 aromatic heterocycles. The zero-order chi connectivity index (χ0) is 14.4. The molecule has 6 heteroatoms. The van der Waals surface area contributed by atoms with Crippen molar-refractivity contribution in [2.24, 2.45) is 10.7 Å². The molecule has 1 aliphatic rings. The quantitative estimate of drug-likeness (QED) is 0.441. The summed E-state index contributed by atoms with van der Waals surface area (Å²) in [4.78, 5) is 4.39. The van der Waals surface area contributed by atoms with Gasteiger partial charge in [-0.2, -0.15) is 0 Å². The van der Waals surface area contributed by atoms with E-state index in [1.165, 1.54) is 32.1 Å². The largest absolute Gasteiger partial charge is 0.496 e. The van der Waals surface area contributed by atoms with Gasteiger partial charge >= 0.3 is 0 Å². The van der Waals surface area contributed by atoms with Crippen LogP contribution in [-0.4, -0.2) is 19.1 Å². The van der Waals surface area contributed by atoms with Crippen LogP contribution in [-0.2, 0) is 6.54 Å². The number of halogens is 2. The van der Waals surface area contributed by atoms with Gasteiger partial charge in [0.15, 0.2) is 5.96 Å². The Bertz CT molecular complexity index is 476. The molecule has 0 saturated heterocycles. The predicted molar refractivity (Wildman–Crippen MR) is 98.8 cm³/mol. The van der Waals surface area contributed by atoms with Gasteiger partial charge in [0.05, 0.1) is 13.7 Å². The van der Waals surface area contributed by atoms with Crippen LogP contribution >= 0.6 is 35.6 Å². The fourth-order valence-corrected chi connectivity index (χ4v) is 2.68. The minimum atomic E-state index is 0. The van der Waals surface area contributed by atoms with E-state index in [9.17, 15) is 0 Å². The lowest BCUT2D eigenvalue weighted by Gasteiger charge is -2.23. The first-order chi connectivity index (χ1) is 9.69. The van der Waals surface area contributed by atoms with E-state index in [4.69, 9.17) is 22.1 Å². The third kappa shape index (κ3) is 5.90. The fourth-order valence-electron chi connectivity index (χ4n) is 2.52. The first-order valence-corrected chi connectivity index (χ1v) is 7.45. The summed E-state index contributed by atoms with van der Waals surface area (Å²) in [5.74, 6) is 1.25. The first-order valence-electron chi connectivity index (χ1n) is 7.08. The molecular weight excluding hydrogens is 401 g/mol. The molecule has 21 heavy (non-hydrogen) atoms. The highest BCUT2D eigenvalue weighted by Gasteiger charge is 2.13. The Balaban J connectivity index is 0.00000220. The predicted octanol–water partition coefficient (Wildman–Crippen LogP) is 3.70. The van der Waals surface area contributed by atoms with Crippen LogP contribution in [0.1, 0.15) is 37.7 Å². The van der Waals surface area contributed by atoms with Gasteiger partial charge in [0.2, 0.25) is 0 Å². The molecule has 1 aromatic rings. The zero-order valence-electron chi connectivity index (χ0n) is 12.3. The topological polar surface area (TPSA) is 59.6 Å². The Kier molecular flexibility index (Phi) is 8.18. The summed E-state index contributed by atoms with van der Waals surface area (Å²) in [6.45, 7) is 0.492. The van der Waals surface area contributed by atoms with Crippen molar-refractivity contribution in [3.05, 3.63) is 28.8 Å². The highest BCUT2D eigenvalue weighted by atomic mass is 127. The normalized spacial score (nSPS) is 16.2. The number of ether oxygens (including phenoxy) is 1. The Morgan fingerprint density at radius 1 is 1.38 bits per heavy atom. The summed E-state index contributed by atoms with van der Waals surface area (Å²) >= 11 is 5.93. The van der Waals surface area contributed by atoms with Crippen LogP contribution in [0.15, 0.2) is 23.2 Å². The number of nitrogens with zero attached hydrogens (tertiary/aromatic N) is 1. The highest BCUT2D eigenvalue weighted by Crippen LogP contribution is 2.23. The summed E-state index contributed by atoms with van der Waals surface area (Å²) in [6.07, 6.45) is 6.24. The van der Waals surface area contributed by atoms with Crippen LogP contribution in [0.3, 0.4) is 0 Å². The van der Waals surface area contributed by atoms with Gasteiger partial charge in [-0.15, -0.1) is 24.0 Å². The molecule has 0 heterocycles. The van der Waals surface area contributed by atoms with E-state index in [0.717, 1.165) is 11.3 Å². The Morgan fingerprint density at radius 3 is 2.76 bits per heavy atom. The lowest BCUT2D eigenvalue weighted by atomic mass is 9.96. The molecular formula is C15H23ClIN3O. The summed E-state index contributed by atoms with van der Waals surface area (Å²) in [5, 5.41) is 3.95. The molecule has 2 rings (SSSR count). The van der Waals surface area contributed by atoms with E-state index in [2.05, 4.69) is 10.3 Å². The molecule has 0 unspecified atom stereocenters. The van der Waals surface area contributed by atoms with Gasteiger partial charge in [-0.05, 0) is 25.0 Å². The molecule has 0 aliphatic heterocycles. The van der Waals surface area contributed by atoms with Gasteiger partial charge in [0.1, 0.15) is 5.75 Å². The van der Waals surface area contributed by atoms with Crippen molar-refractivity contribution < 1.29 is 4.74 Å². The number of hydrogen-bond donors (Lipinski definition) is 2. The van der Waals surface area contributed by atoms with Crippen molar-refractivity contribution in [1.82, 2.24) is 5.32 Å². The van der Waals surface area contributed by atoms with Gasteiger partial charge in [-0.1, -0.05) is 36.9 Å². The van der Waals surface area contributed by atoms with Gasteiger partial charge < -0.3 is 15.8 Å². The molecule has 0 bridgehead atoms. The van der Waals surface area contributed by atoms with E-state index in [1.54, 1.807) is 13.2 Å². The summed E-state index contributed by atoms with van der Waals surface area (Å²) in [6, 6.07) is 6.01. The Labute approximate surface area is 148 Å². The monoisotopic (exact) mass is 423 g/mol. The highest BCUT2D eigenvalue weighted by molar-refractivity contribution is 14.0. The number of methoxy groups -OCH3 is 1. The third-order valence-corrected chi connectivity index (χ3v) is 3.86. The molecule has 0 radical (unpaired) electrons. The maximum absolute atomic E-state index is 5.95.